The predicted octanol–water partition coefficient (Wildman–Crippen LogP) is 3.03. The molecule has 1 N–H and O–H groups in total. The average Bonchev–Trinajstić information content (AvgIpc) is 2.68. The second-order valence-corrected chi connectivity index (χ2v) is 6.97. The lowest BCUT2D eigenvalue weighted by molar-refractivity contribution is 0.0824. The van der Waals surface area contributed by atoms with Crippen LogP contribution in [0.25, 0.3) is 0 Å². The maximum Gasteiger partial charge on any atom is 0.221 e. The molecule has 16 heavy (non-hydrogen) atoms. The molecular weight excluding hydrogens is 200 g/mol. The van der Waals surface area contributed by atoms with Crippen molar-refractivity contribution < 1.29 is 9.84 Å². The summed E-state index contributed by atoms with van der Waals surface area (Å²) in [5, 5.41) is 10.3. The van der Waals surface area contributed by atoms with E-state index in [4.69, 9.17) is 4.74 Å². The number of allylic oxidation sites excluding steroid dienone is 2. The van der Waals surface area contributed by atoms with Crippen LogP contribution >= 0.6 is 0 Å². The van der Waals surface area contributed by atoms with E-state index in [2.05, 4.69) is 47.6 Å². The number of rotatable bonds is 0. The Morgan fingerprint density at radius 1 is 1.12 bits per heavy atom. The van der Waals surface area contributed by atoms with Gasteiger partial charge in [-0.25, -0.2) is 0 Å². The lowest BCUT2D eigenvalue weighted by atomic mass is 9.71. The van der Waals surface area contributed by atoms with Gasteiger partial charge in [0.2, 0.25) is 5.79 Å². The Hall–Kier alpha value is -0.600. The molecule has 90 valence electrons. The fourth-order valence-corrected chi connectivity index (χ4v) is 2.35. The summed E-state index contributed by atoms with van der Waals surface area (Å²) >= 11 is 0. The van der Waals surface area contributed by atoms with E-state index in [1.165, 1.54) is 5.57 Å². The van der Waals surface area contributed by atoms with Gasteiger partial charge in [-0.2, -0.15) is 0 Å². The number of ether oxygens (including phenoxy) is 1. The molecule has 2 atom stereocenters. The van der Waals surface area contributed by atoms with Gasteiger partial charge >= 0.3 is 0 Å². The molecule has 1 saturated heterocycles. The Balaban J connectivity index is 2.44. The van der Waals surface area contributed by atoms with Gasteiger partial charge in [-0.1, -0.05) is 47.6 Å². The van der Waals surface area contributed by atoms with E-state index in [0.717, 1.165) is 0 Å². The van der Waals surface area contributed by atoms with Crippen LogP contribution in [0.5, 0.6) is 0 Å². The van der Waals surface area contributed by atoms with E-state index in [9.17, 15) is 5.11 Å². The smallest absolute Gasteiger partial charge is 0.221 e. The predicted molar refractivity (Wildman–Crippen MR) is 64.9 cm³/mol. The number of epoxide rings is 1. The largest absolute Gasteiger partial charge is 0.360 e. The van der Waals surface area contributed by atoms with Crippen molar-refractivity contribution in [2.24, 2.45) is 10.8 Å². The molecule has 0 radical (unpaired) electrons. The average molecular weight is 222 g/mol. The molecule has 0 spiro atoms. The topological polar surface area (TPSA) is 32.8 Å². The summed E-state index contributed by atoms with van der Waals surface area (Å²) in [6.07, 6.45) is 5.88. The van der Waals surface area contributed by atoms with Gasteiger partial charge in [-0.15, -0.1) is 0 Å². The number of fused-ring (bicyclic) bond motifs is 1. The molecular formula is C14H22O2. The van der Waals surface area contributed by atoms with Gasteiger partial charge in [0.05, 0.1) is 0 Å². The Morgan fingerprint density at radius 3 is 2.12 bits per heavy atom. The molecule has 0 aromatic heterocycles. The third-order valence-corrected chi connectivity index (χ3v) is 3.63. The molecule has 1 aliphatic carbocycles. The van der Waals surface area contributed by atoms with Crippen LogP contribution in [-0.4, -0.2) is 16.5 Å². The van der Waals surface area contributed by atoms with Crippen molar-refractivity contribution in [2.45, 2.75) is 52.9 Å². The van der Waals surface area contributed by atoms with Crippen molar-refractivity contribution in [2.75, 3.05) is 0 Å². The highest BCUT2D eigenvalue weighted by molar-refractivity contribution is 5.44. The summed E-state index contributed by atoms with van der Waals surface area (Å²) in [7, 11) is 0. The van der Waals surface area contributed by atoms with E-state index in [1.807, 2.05) is 6.08 Å². The Morgan fingerprint density at radius 2 is 1.69 bits per heavy atom. The minimum Gasteiger partial charge on any atom is -0.360 e. The van der Waals surface area contributed by atoms with E-state index in [-0.39, 0.29) is 10.8 Å². The van der Waals surface area contributed by atoms with Gasteiger partial charge in [0.25, 0.3) is 0 Å². The number of hydrogen-bond acceptors (Lipinski definition) is 2. The maximum atomic E-state index is 10.3. The van der Waals surface area contributed by atoms with Crippen LogP contribution in [0.15, 0.2) is 23.8 Å². The first-order valence-corrected chi connectivity index (χ1v) is 5.87. The Kier molecular flexibility index (Phi) is 2.08. The number of aliphatic hydroxyl groups is 1. The van der Waals surface area contributed by atoms with Gasteiger partial charge in [0.15, 0.2) is 5.60 Å². The standard InChI is InChI=1S/C14H22O2/c1-11(2,3)10-7-8-14(15)13(9-10,16-14)12(4,5)6/h7-9,15H,1-6H3. The van der Waals surface area contributed by atoms with E-state index in [0.29, 0.717) is 0 Å². The summed E-state index contributed by atoms with van der Waals surface area (Å²) in [5.41, 5.74) is 0.659. The summed E-state index contributed by atoms with van der Waals surface area (Å²) in [6.45, 7) is 12.8. The highest BCUT2D eigenvalue weighted by Gasteiger charge is 2.73. The van der Waals surface area contributed by atoms with Gasteiger partial charge in [-0.05, 0) is 23.1 Å². The van der Waals surface area contributed by atoms with Gasteiger partial charge in [0.1, 0.15) is 0 Å². The summed E-state index contributed by atoms with van der Waals surface area (Å²) in [5.74, 6) is -1.08. The molecule has 2 nitrogen and oxygen atoms in total. The van der Waals surface area contributed by atoms with Crippen molar-refractivity contribution in [3.05, 3.63) is 23.8 Å². The van der Waals surface area contributed by atoms with E-state index < -0.39 is 11.4 Å². The van der Waals surface area contributed by atoms with Gasteiger partial charge in [0, 0.05) is 5.41 Å². The van der Waals surface area contributed by atoms with Crippen LogP contribution in [0, 0.1) is 10.8 Å². The zero-order valence-corrected chi connectivity index (χ0v) is 11.1. The zero-order chi connectivity index (χ0) is 12.4. The molecule has 0 saturated carbocycles. The lowest BCUT2D eigenvalue weighted by Crippen LogP contribution is -2.38. The maximum absolute atomic E-state index is 10.3. The van der Waals surface area contributed by atoms with Crippen LogP contribution in [-0.2, 0) is 4.74 Å². The Labute approximate surface area is 98.0 Å². The van der Waals surface area contributed by atoms with Gasteiger partial charge in [-0.3, -0.25) is 0 Å². The summed E-state index contributed by atoms with van der Waals surface area (Å²) in [4.78, 5) is 0. The van der Waals surface area contributed by atoms with Crippen LogP contribution in [0.2, 0.25) is 0 Å². The zero-order valence-electron chi connectivity index (χ0n) is 11.1. The highest BCUT2D eigenvalue weighted by atomic mass is 16.8. The fourth-order valence-electron chi connectivity index (χ4n) is 2.35. The summed E-state index contributed by atoms with van der Waals surface area (Å²) in [6, 6.07) is 0. The molecule has 1 fully saturated rings. The van der Waals surface area contributed by atoms with Crippen LogP contribution < -0.4 is 0 Å². The first kappa shape index (κ1) is 11.9. The molecule has 2 unspecified atom stereocenters. The van der Waals surface area contributed by atoms with Crippen LogP contribution in [0.1, 0.15) is 41.5 Å². The van der Waals surface area contributed by atoms with Crippen molar-refractivity contribution >= 4 is 0 Å². The first-order valence-electron chi connectivity index (χ1n) is 5.87. The fraction of sp³-hybridized carbons (Fsp3) is 0.714. The molecule has 2 rings (SSSR count). The molecule has 0 amide bonds. The minimum absolute atomic E-state index is 0.0853. The Bertz CT molecular complexity index is 379. The van der Waals surface area contributed by atoms with Crippen molar-refractivity contribution in [1.82, 2.24) is 0 Å². The van der Waals surface area contributed by atoms with Crippen molar-refractivity contribution in [3.8, 4) is 0 Å². The van der Waals surface area contributed by atoms with Crippen LogP contribution in [0.4, 0.5) is 0 Å². The normalized spacial score (nSPS) is 38.1. The monoisotopic (exact) mass is 222 g/mol. The van der Waals surface area contributed by atoms with Crippen molar-refractivity contribution in [3.63, 3.8) is 0 Å². The molecule has 1 aliphatic heterocycles. The highest BCUT2D eigenvalue weighted by Crippen LogP contribution is 2.61. The van der Waals surface area contributed by atoms with Crippen molar-refractivity contribution in [1.29, 1.82) is 0 Å². The first-order chi connectivity index (χ1) is 7.02. The van der Waals surface area contributed by atoms with Crippen LogP contribution in [0.3, 0.4) is 0 Å². The number of hydrogen-bond donors (Lipinski definition) is 1. The summed E-state index contributed by atoms with van der Waals surface area (Å²) < 4.78 is 5.64. The lowest BCUT2D eigenvalue weighted by Gasteiger charge is -2.32. The molecule has 2 aliphatic rings. The second-order valence-electron chi connectivity index (χ2n) is 6.97. The third-order valence-electron chi connectivity index (χ3n) is 3.63. The molecule has 1 heterocycles. The third kappa shape index (κ3) is 1.40. The van der Waals surface area contributed by atoms with Gasteiger partial charge < -0.3 is 9.84 Å². The molecule has 0 aromatic rings. The molecule has 2 heteroatoms. The quantitative estimate of drug-likeness (QED) is 0.639. The SMILES string of the molecule is CC(C)(C)C1=CC2(C(C)(C)C)OC2(O)C=C1. The minimum atomic E-state index is -1.08. The van der Waals surface area contributed by atoms with E-state index in [1.54, 1.807) is 6.08 Å². The molecule has 0 bridgehead atoms. The van der Waals surface area contributed by atoms with E-state index >= 15 is 0 Å². The second kappa shape index (κ2) is 2.80. The molecule has 0 aromatic carbocycles.